The van der Waals surface area contributed by atoms with Crippen LogP contribution in [0.4, 0.5) is 0 Å². The highest BCUT2D eigenvalue weighted by Crippen LogP contribution is 2.12. The molecule has 0 aromatic heterocycles. The van der Waals surface area contributed by atoms with Gasteiger partial charge >= 0.3 is 17.9 Å². The molecule has 4 atom stereocenters. The highest BCUT2D eigenvalue weighted by Gasteiger charge is 2.30. The average molecular weight is 554 g/mol. The Bertz CT molecular complexity index is 1070. The van der Waals surface area contributed by atoms with Gasteiger partial charge < -0.3 is 47.4 Å². The number of aliphatic carboxylic acids is 3. The summed E-state index contributed by atoms with van der Waals surface area (Å²) in [4.78, 5) is 83.0. The molecule has 1 aromatic carbocycles. The first-order chi connectivity index (χ1) is 18.2. The van der Waals surface area contributed by atoms with Crippen molar-refractivity contribution in [3.63, 3.8) is 0 Å². The summed E-state index contributed by atoms with van der Waals surface area (Å²) in [5.74, 6) is -8.05. The number of benzene rings is 1. The van der Waals surface area contributed by atoms with E-state index in [0.717, 1.165) is 0 Å². The lowest BCUT2D eigenvalue weighted by atomic mass is 10.0. The molecule has 0 spiro atoms. The van der Waals surface area contributed by atoms with Crippen LogP contribution < -0.4 is 27.0 Å². The van der Waals surface area contributed by atoms with Gasteiger partial charge in [-0.1, -0.05) is 12.1 Å². The highest BCUT2D eigenvalue weighted by molar-refractivity contribution is 5.96. The van der Waals surface area contributed by atoms with E-state index in [2.05, 4.69) is 16.0 Å². The Hall–Kier alpha value is -4.73. The van der Waals surface area contributed by atoms with E-state index < -0.39 is 91.5 Å². The van der Waals surface area contributed by atoms with Crippen LogP contribution in [0, 0.1) is 0 Å². The standard InChI is InChI=1S/C23H31N5O11/c1-11(24)20(35)27-15(8-12-2-4-13(29)5-3-12)22(37)28-16(9-19(33)34)21(36)25-10-17(30)26-14(23(38)39)6-7-18(31)32/h2-5,11,14-16,29H,6-10,24H2,1H3,(H,25,36)(H,26,30)(H,27,35)(H,28,37)(H,31,32)(H,33,34)(H,38,39)/t11-,14-,15-,16-/m0/s1. The zero-order valence-corrected chi connectivity index (χ0v) is 20.9. The number of phenolic OH excluding ortho intramolecular Hbond substituents is 1. The molecule has 214 valence electrons. The summed E-state index contributed by atoms with van der Waals surface area (Å²) < 4.78 is 0. The number of aromatic hydroxyl groups is 1. The van der Waals surface area contributed by atoms with Gasteiger partial charge in [0.2, 0.25) is 23.6 Å². The van der Waals surface area contributed by atoms with Crippen LogP contribution in [0.25, 0.3) is 0 Å². The topological polar surface area (TPSA) is 275 Å². The Morgan fingerprint density at radius 2 is 1.38 bits per heavy atom. The molecule has 16 nitrogen and oxygen atoms in total. The zero-order chi connectivity index (χ0) is 29.7. The van der Waals surface area contributed by atoms with Crippen molar-refractivity contribution in [2.75, 3.05) is 6.54 Å². The van der Waals surface area contributed by atoms with E-state index in [0.29, 0.717) is 5.56 Å². The molecule has 0 saturated heterocycles. The molecule has 39 heavy (non-hydrogen) atoms. The number of rotatable bonds is 16. The van der Waals surface area contributed by atoms with Crippen molar-refractivity contribution in [2.45, 2.75) is 56.8 Å². The highest BCUT2D eigenvalue weighted by atomic mass is 16.4. The number of hydrogen-bond donors (Lipinski definition) is 9. The number of carbonyl (C=O) groups excluding carboxylic acids is 4. The third-order valence-electron chi connectivity index (χ3n) is 5.14. The van der Waals surface area contributed by atoms with Crippen molar-refractivity contribution >= 4 is 41.5 Å². The minimum absolute atomic E-state index is 0.0434. The Kier molecular flexibility index (Phi) is 12.8. The smallest absolute Gasteiger partial charge is 0.326 e. The maximum absolute atomic E-state index is 13.0. The van der Waals surface area contributed by atoms with E-state index in [1.165, 1.54) is 31.2 Å². The van der Waals surface area contributed by atoms with Crippen LogP contribution in [0.15, 0.2) is 24.3 Å². The average Bonchev–Trinajstić information content (AvgIpc) is 2.84. The lowest BCUT2D eigenvalue weighted by molar-refractivity contribution is -0.143. The summed E-state index contributed by atoms with van der Waals surface area (Å²) in [7, 11) is 0. The van der Waals surface area contributed by atoms with Crippen molar-refractivity contribution in [3.05, 3.63) is 29.8 Å². The number of carboxylic acid groups (broad SMARTS) is 3. The van der Waals surface area contributed by atoms with Gasteiger partial charge in [-0.15, -0.1) is 0 Å². The molecule has 16 heteroatoms. The van der Waals surface area contributed by atoms with Gasteiger partial charge in [-0.05, 0) is 31.0 Å². The second kappa shape index (κ2) is 15.5. The van der Waals surface area contributed by atoms with Crippen molar-refractivity contribution in [2.24, 2.45) is 5.73 Å². The molecule has 0 aliphatic rings. The second-order valence-corrected chi connectivity index (χ2v) is 8.49. The quantitative estimate of drug-likeness (QED) is 0.101. The molecular weight excluding hydrogens is 522 g/mol. The van der Waals surface area contributed by atoms with Gasteiger partial charge in [0.05, 0.1) is 19.0 Å². The van der Waals surface area contributed by atoms with Gasteiger partial charge in [0.25, 0.3) is 0 Å². The SMILES string of the molecule is C[C@H](N)C(=O)N[C@@H](Cc1ccc(O)cc1)C(=O)N[C@@H](CC(=O)O)C(=O)NCC(=O)N[C@@H](CCC(=O)O)C(=O)O. The molecule has 0 saturated carbocycles. The maximum Gasteiger partial charge on any atom is 0.326 e. The molecule has 1 aromatic rings. The monoisotopic (exact) mass is 553 g/mol. The third kappa shape index (κ3) is 12.4. The van der Waals surface area contributed by atoms with E-state index in [-0.39, 0.29) is 12.2 Å². The Balaban J connectivity index is 2.93. The predicted molar refractivity (Wildman–Crippen MR) is 131 cm³/mol. The molecule has 0 aliphatic heterocycles. The summed E-state index contributed by atoms with van der Waals surface area (Å²) in [6, 6.07) is 0.116. The van der Waals surface area contributed by atoms with Crippen molar-refractivity contribution in [3.8, 4) is 5.75 Å². The molecule has 0 bridgehead atoms. The Labute approximate surface area is 221 Å². The van der Waals surface area contributed by atoms with E-state index in [1.807, 2.05) is 5.32 Å². The summed E-state index contributed by atoms with van der Waals surface area (Å²) in [5, 5.41) is 45.2. The van der Waals surface area contributed by atoms with Crippen LogP contribution >= 0.6 is 0 Å². The molecule has 0 fully saturated rings. The molecule has 10 N–H and O–H groups in total. The summed E-state index contributed by atoms with van der Waals surface area (Å²) >= 11 is 0. The number of carboxylic acids is 3. The number of carbonyl (C=O) groups is 7. The van der Waals surface area contributed by atoms with Crippen LogP contribution in [-0.2, 0) is 40.0 Å². The minimum atomic E-state index is -1.69. The number of nitrogens with one attached hydrogen (secondary N) is 4. The number of amides is 4. The summed E-state index contributed by atoms with van der Waals surface area (Å²) in [6.45, 7) is 0.563. The Morgan fingerprint density at radius 1 is 0.795 bits per heavy atom. The molecule has 0 unspecified atom stereocenters. The largest absolute Gasteiger partial charge is 0.508 e. The molecule has 0 heterocycles. The minimum Gasteiger partial charge on any atom is -0.508 e. The summed E-state index contributed by atoms with van der Waals surface area (Å²) in [5.41, 5.74) is 6.05. The van der Waals surface area contributed by atoms with Gasteiger partial charge in [0.15, 0.2) is 0 Å². The Morgan fingerprint density at radius 3 is 1.90 bits per heavy atom. The first-order valence-corrected chi connectivity index (χ1v) is 11.6. The van der Waals surface area contributed by atoms with Crippen LogP contribution in [0.1, 0.15) is 31.7 Å². The van der Waals surface area contributed by atoms with Gasteiger partial charge in [-0.2, -0.15) is 0 Å². The van der Waals surface area contributed by atoms with Crippen LogP contribution in [0.5, 0.6) is 5.75 Å². The lowest BCUT2D eigenvalue weighted by Crippen LogP contribution is -2.57. The molecule has 4 amide bonds. The van der Waals surface area contributed by atoms with Gasteiger partial charge in [-0.25, -0.2) is 4.79 Å². The summed E-state index contributed by atoms with van der Waals surface area (Å²) in [6.07, 6.45) is -1.97. The number of phenols is 1. The van der Waals surface area contributed by atoms with Crippen molar-refractivity contribution in [1.29, 1.82) is 0 Å². The van der Waals surface area contributed by atoms with Crippen molar-refractivity contribution < 1.29 is 54.0 Å². The molecular formula is C23H31N5O11. The number of nitrogens with two attached hydrogens (primary N) is 1. The van der Waals surface area contributed by atoms with E-state index in [9.17, 15) is 43.8 Å². The van der Waals surface area contributed by atoms with Gasteiger partial charge in [0.1, 0.15) is 23.9 Å². The van der Waals surface area contributed by atoms with E-state index in [4.69, 9.17) is 15.9 Å². The molecule has 0 radical (unpaired) electrons. The molecule has 0 aliphatic carbocycles. The van der Waals surface area contributed by atoms with Crippen LogP contribution in [0.2, 0.25) is 0 Å². The molecule has 1 rings (SSSR count). The lowest BCUT2D eigenvalue weighted by Gasteiger charge is -2.23. The van der Waals surface area contributed by atoms with Crippen LogP contribution in [-0.4, -0.2) is 92.7 Å². The second-order valence-electron chi connectivity index (χ2n) is 8.49. The van der Waals surface area contributed by atoms with E-state index in [1.54, 1.807) is 0 Å². The van der Waals surface area contributed by atoms with Gasteiger partial charge in [-0.3, -0.25) is 28.8 Å². The van der Waals surface area contributed by atoms with Gasteiger partial charge in [0, 0.05) is 12.8 Å². The van der Waals surface area contributed by atoms with Crippen LogP contribution in [0.3, 0.4) is 0 Å². The number of hydrogen-bond acceptors (Lipinski definition) is 9. The van der Waals surface area contributed by atoms with Crippen molar-refractivity contribution in [1.82, 2.24) is 21.3 Å². The first kappa shape index (κ1) is 32.3. The fraction of sp³-hybridized carbons (Fsp3) is 0.435. The fourth-order valence-corrected chi connectivity index (χ4v) is 3.10. The zero-order valence-electron chi connectivity index (χ0n) is 20.9. The maximum atomic E-state index is 13.0. The first-order valence-electron chi connectivity index (χ1n) is 11.6. The fourth-order valence-electron chi connectivity index (χ4n) is 3.10. The normalized spacial score (nSPS) is 13.6. The van der Waals surface area contributed by atoms with E-state index >= 15 is 0 Å². The third-order valence-corrected chi connectivity index (χ3v) is 5.14. The predicted octanol–water partition coefficient (Wildman–Crippen LogP) is -2.72.